The zero-order valence-corrected chi connectivity index (χ0v) is 13.4. The van der Waals surface area contributed by atoms with Crippen molar-refractivity contribution in [1.29, 1.82) is 0 Å². The van der Waals surface area contributed by atoms with E-state index in [4.69, 9.17) is 4.74 Å². The van der Waals surface area contributed by atoms with Crippen LogP contribution in [0.1, 0.15) is 33.6 Å². The lowest BCUT2D eigenvalue weighted by Gasteiger charge is -2.08. The second-order valence-corrected chi connectivity index (χ2v) is 5.62. The Morgan fingerprint density at radius 1 is 1.36 bits per heavy atom. The molecule has 7 heteroatoms. The van der Waals surface area contributed by atoms with Crippen LogP contribution in [0.25, 0.3) is 11.2 Å². The summed E-state index contributed by atoms with van der Waals surface area (Å²) >= 11 is 0. The molecule has 0 aliphatic heterocycles. The van der Waals surface area contributed by atoms with Crippen LogP contribution in [-0.4, -0.2) is 38.6 Å². The number of hydrogen-bond acceptors (Lipinski definition) is 6. The second-order valence-electron chi connectivity index (χ2n) is 5.62. The van der Waals surface area contributed by atoms with Crippen LogP contribution in [0.2, 0.25) is 0 Å². The van der Waals surface area contributed by atoms with E-state index in [1.165, 1.54) is 6.33 Å². The standard InChI is InChI=1S/C15H23N5O2/c1-4-5-6-16-14-13-15(18-9-17-14)20(10-19-13)7-12(21)22-8-11(2)3/h9-11H,4-8H2,1-3H3,(H,16,17,18). The van der Waals surface area contributed by atoms with Crippen LogP contribution in [-0.2, 0) is 16.1 Å². The minimum absolute atomic E-state index is 0.106. The van der Waals surface area contributed by atoms with Crippen molar-refractivity contribution in [1.82, 2.24) is 19.5 Å². The molecular formula is C15H23N5O2. The lowest BCUT2D eigenvalue weighted by Crippen LogP contribution is -2.16. The predicted octanol–water partition coefficient (Wildman–Crippen LogP) is 2.24. The highest BCUT2D eigenvalue weighted by molar-refractivity contribution is 5.83. The number of rotatable bonds is 8. The van der Waals surface area contributed by atoms with Gasteiger partial charge in [0.2, 0.25) is 0 Å². The Hall–Kier alpha value is -2.18. The first-order valence-electron chi connectivity index (χ1n) is 7.67. The fourth-order valence-corrected chi connectivity index (χ4v) is 1.95. The number of carbonyl (C=O) groups is 1. The molecule has 0 radical (unpaired) electrons. The Kier molecular flexibility index (Phi) is 5.68. The van der Waals surface area contributed by atoms with Crippen LogP contribution >= 0.6 is 0 Å². The van der Waals surface area contributed by atoms with Crippen LogP contribution in [0.3, 0.4) is 0 Å². The van der Waals surface area contributed by atoms with Gasteiger partial charge in [0, 0.05) is 6.54 Å². The summed E-state index contributed by atoms with van der Waals surface area (Å²) in [6.45, 7) is 7.50. The molecule has 2 aromatic heterocycles. The third kappa shape index (κ3) is 4.16. The van der Waals surface area contributed by atoms with E-state index < -0.39 is 0 Å². The molecule has 0 unspecified atom stereocenters. The zero-order valence-electron chi connectivity index (χ0n) is 13.4. The van der Waals surface area contributed by atoms with Crippen LogP contribution in [0.4, 0.5) is 5.82 Å². The average Bonchev–Trinajstić information content (AvgIpc) is 2.89. The first-order chi connectivity index (χ1) is 10.6. The quantitative estimate of drug-likeness (QED) is 0.595. The van der Waals surface area contributed by atoms with Gasteiger partial charge in [-0.05, 0) is 12.3 Å². The van der Waals surface area contributed by atoms with Crippen molar-refractivity contribution in [2.45, 2.75) is 40.2 Å². The highest BCUT2D eigenvalue weighted by atomic mass is 16.5. The minimum Gasteiger partial charge on any atom is -0.464 e. The van der Waals surface area contributed by atoms with E-state index in [0.29, 0.717) is 29.5 Å². The number of esters is 1. The molecule has 22 heavy (non-hydrogen) atoms. The molecular weight excluding hydrogens is 282 g/mol. The lowest BCUT2D eigenvalue weighted by molar-refractivity contribution is -0.145. The van der Waals surface area contributed by atoms with E-state index in [9.17, 15) is 4.79 Å². The number of unbranched alkanes of at least 4 members (excludes halogenated alkanes) is 1. The maximum atomic E-state index is 11.8. The van der Waals surface area contributed by atoms with Gasteiger partial charge in [-0.2, -0.15) is 0 Å². The van der Waals surface area contributed by atoms with Crippen molar-refractivity contribution in [2.24, 2.45) is 5.92 Å². The molecule has 2 heterocycles. The van der Waals surface area contributed by atoms with Crippen LogP contribution in [0.5, 0.6) is 0 Å². The largest absolute Gasteiger partial charge is 0.464 e. The van der Waals surface area contributed by atoms with Gasteiger partial charge in [-0.25, -0.2) is 15.0 Å². The van der Waals surface area contributed by atoms with Gasteiger partial charge in [-0.15, -0.1) is 0 Å². The summed E-state index contributed by atoms with van der Waals surface area (Å²) in [6.07, 6.45) is 5.25. The summed E-state index contributed by atoms with van der Waals surface area (Å²) in [4.78, 5) is 24.6. The number of nitrogens with zero attached hydrogens (tertiary/aromatic N) is 4. The smallest absolute Gasteiger partial charge is 0.326 e. The number of nitrogens with one attached hydrogen (secondary N) is 1. The van der Waals surface area contributed by atoms with E-state index in [2.05, 4.69) is 27.2 Å². The summed E-state index contributed by atoms with van der Waals surface area (Å²) in [5.74, 6) is 0.736. The van der Waals surface area contributed by atoms with Gasteiger partial charge < -0.3 is 14.6 Å². The van der Waals surface area contributed by atoms with Crippen LogP contribution in [0.15, 0.2) is 12.7 Å². The number of imidazole rings is 1. The molecule has 0 saturated carbocycles. The summed E-state index contributed by atoms with van der Waals surface area (Å²) < 4.78 is 6.87. The molecule has 0 bridgehead atoms. The third-order valence-corrected chi connectivity index (χ3v) is 3.10. The van der Waals surface area contributed by atoms with Crippen molar-refractivity contribution in [3.05, 3.63) is 12.7 Å². The molecule has 0 aliphatic carbocycles. The molecule has 0 amide bonds. The molecule has 0 aliphatic rings. The van der Waals surface area contributed by atoms with Crippen molar-refractivity contribution < 1.29 is 9.53 Å². The van der Waals surface area contributed by atoms with Crippen LogP contribution in [0, 0.1) is 5.92 Å². The highest BCUT2D eigenvalue weighted by Gasteiger charge is 2.13. The SMILES string of the molecule is CCCCNc1ncnc2c1ncn2CC(=O)OCC(C)C. The third-order valence-electron chi connectivity index (χ3n) is 3.10. The normalized spacial score (nSPS) is 11.1. The molecule has 2 aromatic rings. The van der Waals surface area contributed by atoms with Crippen molar-refractivity contribution in [2.75, 3.05) is 18.5 Å². The van der Waals surface area contributed by atoms with Gasteiger partial charge >= 0.3 is 5.97 Å². The van der Waals surface area contributed by atoms with E-state index >= 15 is 0 Å². The molecule has 0 atom stereocenters. The Bertz CT molecular complexity index is 623. The second kappa shape index (κ2) is 7.72. The average molecular weight is 305 g/mol. The fraction of sp³-hybridized carbons (Fsp3) is 0.600. The van der Waals surface area contributed by atoms with Crippen molar-refractivity contribution in [3.63, 3.8) is 0 Å². The Balaban J connectivity index is 2.09. The van der Waals surface area contributed by atoms with Crippen LogP contribution < -0.4 is 5.32 Å². The topological polar surface area (TPSA) is 81.9 Å². The summed E-state index contributed by atoms with van der Waals surface area (Å²) in [6, 6.07) is 0. The van der Waals surface area contributed by atoms with Gasteiger partial charge in [0.25, 0.3) is 0 Å². The van der Waals surface area contributed by atoms with Crippen molar-refractivity contribution >= 4 is 23.0 Å². The number of aromatic nitrogens is 4. The Morgan fingerprint density at radius 3 is 2.91 bits per heavy atom. The van der Waals surface area contributed by atoms with Gasteiger partial charge in [-0.3, -0.25) is 4.79 Å². The zero-order chi connectivity index (χ0) is 15.9. The minimum atomic E-state index is -0.285. The van der Waals surface area contributed by atoms with E-state index in [1.54, 1.807) is 10.9 Å². The Morgan fingerprint density at radius 2 is 2.18 bits per heavy atom. The van der Waals surface area contributed by atoms with Gasteiger partial charge in [0.05, 0.1) is 12.9 Å². The van der Waals surface area contributed by atoms with Gasteiger partial charge in [0.1, 0.15) is 18.4 Å². The maximum Gasteiger partial charge on any atom is 0.326 e. The monoisotopic (exact) mass is 305 g/mol. The summed E-state index contributed by atoms with van der Waals surface area (Å²) in [5, 5.41) is 3.25. The molecule has 0 fully saturated rings. The van der Waals surface area contributed by atoms with Gasteiger partial charge in [-0.1, -0.05) is 27.2 Å². The highest BCUT2D eigenvalue weighted by Crippen LogP contribution is 2.17. The maximum absolute atomic E-state index is 11.8. The number of carbonyl (C=O) groups excluding carboxylic acids is 1. The lowest BCUT2D eigenvalue weighted by atomic mass is 10.2. The fourth-order valence-electron chi connectivity index (χ4n) is 1.95. The summed E-state index contributed by atoms with van der Waals surface area (Å²) in [5.41, 5.74) is 1.31. The predicted molar refractivity (Wildman–Crippen MR) is 84.5 cm³/mol. The Labute approximate surface area is 130 Å². The van der Waals surface area contributed by atoms with E-state index in [-0.39, 0.29) is 12.5 Å². The summed E-state index contributed by atoms with van der Waals surface area (Å²) in [7, 11) is 0. The van der Waals surface area contributed by atoms with Gasteiger partial charge in [0.15, 0.2) is 11.5 Å². The first-order valence-corrected chi connectivity index (χ1v) is 7.67. The number of hydrogen-bond donors (Lipinski definition) is 1. The molecule has 0 spiro atoms. The molecule has 0 saturated heterocycles. The molecule has 120 valence electrons. The molecule has 7 nitrogen and oxygen atoms in total. The number of ether oxygens (including phenoxy) is 1. The molecule has 2 rings (SSSR count). The van der Waals surface area contributed by atoms with E-state index in [1.807, 2.05) is 13.8 Å². The number of anilines is 1. The van der Waals surface area contributed by atoms with Crippen molar-refractivity contribution in [3.8, 4) is 0 Å². The number of fused-ring (bicyclic) bond motifs is 1. The molecule has 0 aromatic carbocycles. The first kappa shape index (κ1) is 16.2. The van der Waals surface area contributed by atoms with E-state index in [0.717, 1.165) is 19.4 Å². The molecule has 1 N–H and O–H groups in total.